The zero-order chi connectivity index (χ0) is 20.0. The van der Waals surface area contributed by atoms with E-state index >= 15 is 0 Å². The summed E-state index contributed by atoms with van der Waals surface area (Å²) in [5, 5.41) is 0.709. The number of esters is 1. The Labute approximate surface area is 164 Å². The van der Waals surface area contributed by atoms with E-state index in [9.17, 15) is 9.59 Å². The Bertz CT molecular complexity index is 756. The zero-order valence-electron chi connectivity index (χ0n) is 16.4. The molecule has 0 atom stereocenters. The second-order valence-electron chi connectivity index (χ2n) is 6.52. The van der Waals surface area contributed by atoms with Crippen molar-refractivity contribution in [2.75, 3.05) is 13.2 Å². The van der Waals surface area contributed by atoms with Crippen LogP contribution in [0.25, 0.3) is 6.08 Å². The molecule has 146 valence electrons. The summed E-state index contributed by atoms with van der Waals surface area (Å²) in [6, 6.07) is 7.40. The zero-order valence-corrected chi connectivity index (χ0v) is 17.2. The number of carbonyl (C=O) groups excluding carboxylic acids is 2. The van der Waals surface area contributed by atoms with Crippen molar-refractivity contribution in [1.82, 2.24) is 4.90 Å². The van der Waals surface area contributed by atoms with Crippen LogP contribution in [0.5, 0.6) is 5.75 Å². The molecule has 0 N–H and O–H groups in total. The molecule has 1 heterocycles. The maximum absolute atomic E-state index is 12.8. The standard InChI is InChI=1S/C20H26N2O4S/c1-6-25-18(23)12-26-16-10-8-7-9-15(16)11-17-19(24)22(14(4)5)20(27-17)21-13(2)3/h7-11,13-14H,6,12H2,1-5H3/b17-11+,21-20?. The number of ether oxygens (including phenoxy) is 2. The highest BCUT2D eigenvalue weighted by atomic mass is 32.2. The molecular weight excluding hydrogens is 364 g/mol. The second-order valence-corrected chi connectivity index (χ2v) is 7.53. The highest BCUT2D eigenvalue weighted by Crippen LogP contribution is 2.35. The fourth-order valence-electron chi connectivity index (χ4n) is 2.46. The fourth-order valence-corrected chi connectivity index (χ4v) is 3.69. The molecule has 1 fully saturated rings. The molecule has 1 aromatic carbocycles. The number of hydrogen-bond acceptors (Lipinski definition) is 6. The van der Waals surface area contributed by atoms with Gasteiger partial charge in [0, 0.05) is 17.6 Å². The van der Waals surface area contributed by atoms with E-state index in [4.69, 9.17) is 9.47 Å². The predicted octanol–water partition coefficient (Wildman–Crippen LogP) is 3.72. The van der Waals surface area contributed by atoms with Gasteiger partial charge in [-0.2, -0.15) is 0 Å². The van der Waals surface area contributed by atoms with Crippen LogP contribution < -0.4 is 4.74 Å². The van der Waals surface area contributed by atoms with Crippen LogP contribution in [0.2, 0.25) is 0 Å². The van der Waals surface area contributed by atoms with E-state index in [2.05, 4.69) is 4.99 Å². The number of para-hydroxylation sites is 1. The summed E-state index contributed by atoms with van der Waals surface area (Å²) in [6.07, 6.45) is 1.78. The predicted molar refractivity (Wildman–Crippen MR) is 109 cm³/mol. The number of nitrogens with zero attached hydrogens (tertiary/aromatic N) is 2. The van der Waals surface area contributed by atoms with Crippen molar-refractivity contribution in [3.05, 3.63) is 34.7 Å². The van der Waals surface area contributed by atoms with Gasteiger partial charge < -0.3 is 9.47 Å². The van der Waals surface area contributed by atoms with Crippen molar-refractivity contribution in [3.8, 4) is 5.75 Å². The number of aliphatic imine (C=N–C) groups is 1. The maximum Gasteiger partial charge on any atom is 0.344 e. The molecule has 1 amide bonds. The van der Waals surface area contributed by atoms with Crippen molar-refractivity contribution in [3.63, 3.8) is 0 Å². The molecule has 2 rings (SSSR count). The number of thioether (sulfide) groups is 1. The highest BCUT2D eigenvalue weighted by molar-refractivity contribution is 8.18. The number of carbonyl (C=O) groups is 2. The smallest absolute Gasteiger partial charge is 0.344 e. The Kier molecular flexibility index (Phi) is 7.47. The number of amides is 1. The minimum Gasteiger partial charge on any atom is -0.481 e. The molecule has 0 saturated carbocycles. The maximum atomic E-state index is 12.8. The largest absolute Gasteiger partial charge is 0.481 e. The van der Waals surface area contributed by atoms with Gasteiger partial charge in [0.1, 0.15) is 5.75 Å². The van der Waals surface area contributed by atoms with Crippen LogP contribution in [0.1, 0.15) is 40.2 Å². The quantitative estimate of drug-likeness (QED) is 0.524. The first-order valence-corrected chi connectivity index (χ1v) is 9.83. The Morgan fingerprint density at radius 2 is 1.96 bits per heavy atom. The minimum absolute atomic E-state index is 0.0173. The van der Waals surface area contributed by atoms with Gasteiger partial charge in [0.05, 0.1) is 11.5 Å². The summed E-state index contributed by atoms with van der Waals surface area (Å²) in [5.74, 6) is 0.0232. The second kappa shape index (κ2) is 9.60. The number of amidine groups is 1. The van der Waals surface area contributed by atoms with Gasteiger partial charge in [-0.05, 0) is 58.5 Å². The Hall–Kier alpha value is -2.28. The van der Waals surface area contributed by atoms with Crippen LogP contribution in [0.4, 0.5) is 0 Å². The van der Waals surface area contributed by atoms with E-state index in [0.717, 1.165) is 5.56 Å². The summed E-state index contributed by atoms with van der Waals surface area (Å²) >= 11 is 1.36. The lowest BCUT2D eigenvalue weighted by Crippen LogP contribution is -2.35. The minimum atomic E-state index is -0.427. The van der Waals surface area contributed by atoms with Crippen molar-refractivity contribution < 1.29 is 19.1 Å². The molecule has 0 radical (unpaired) electrons. The average Bonchev–Trinajstić information content (AvgIpc) is 2.89. The topological polar surface area (TPSA) is 68.2 Å². The van der Waals surface area contributed by atoms with Gasteiger partial charge in [-0.1, -0.05) is 18.2 Å². The molecule has 0 unspecified atom stereocenters. The first-order valence-electron chi connectivity index (χ1n) is 9.01. The van der Waals surface area contributed by atoms with Crippen molar-refractivity contribution >= 4 is 34.9 Å². The van der Waals surface area contributed by atoms with Crippen LogP contribution >= 0.6 is 11.8 Å². The third-order valence-electron chi connectivity index (χ3n) is 3.58. The lowest BCUT2D eigenvalue weighted by molar-refractivity contribution is -0.145. The lowest BCUT2D eigenvalue weighted by atomic mass is 10.2. The van der Waals surface area contributed by atoms with E-state index < -0.39 is 5.97 Å². The summed E-state index contributed by atoms with van der Waals surface area (Å²) in [5.41, 5.74) is 0.729. The molecule has 7 heteroatoms. The van der Waals surface area contributed by atoms with Gasteiger partial charge in [0.15, 0.2) is 11.8 Å². The highest BCUT2D eigenvalue weighted by Gasteiger charge is 2.35. The molecule has 0 aromatic heterocycles. The third kappa shape index (κ3) is 5.60. The average molecular weight is 391 g/mol. The molecule has 0 aliphatic carbocycles. The van der Waals surface area contributed by atoms with Gasteiger partial charge in [0.25, 0.3) is 5.91 Å². The van der Waals surface area contributed by atoms with Crippen molar-refractivity contribution in [1.29, 1.82) is 0 Å². The van der Waals surface area contributed by atoms with Gasteiger partial charge in [-0.25, -0.2) is 4.79 Å². The Morgan fingerprint density at radius 1 is 1.26 bits per heavy atom. The van der Waals surface area contributed by atoms with Gasteiger partial charge >= 0.3 is 5.97 Å². The molecule has 1 saturated heterocycles. The Balaban J connectivity index is 2.28. The number of rotatable bonds is 7. The SMILES string of the molecule is CCOC(=O)COc1ccccc1/C=C1/SC(=NC(C)C)N(C(C)C)C1=O. The van der Waals surface area contributed by atoms with Gasteiger partial charge in [0.2, 0.25) is 0 Å². The molecule has 27 heavy (non-hydrogen) atoms. The van der Waals surface area contributed by atoms with Gasteiger partial charge in [-0.3, -0.25) is 14.7 Å². The number of benzene rings is 1. The van der Waals surface area contributed by atoms with E-state index in [0.29, 0.717) is 22.4 Å². The third-order valence-corrected chi connectivity index (χ3v) is 4.58. The van der Waals surface area contributed by atoms with E-state index in [1.54, 1.807) is 24.0 Å². The van der Waals surface area contributed by atoms with Crippen molar-refractivity contribution in [2.24, 2.45) is 4.99 Å². The monoisotopic (exact) mass is 390 g/mol. The molecule has 1 aliphatic heterocycles. The summed E-state index contributed by atoms with van der Waals surface area (Å²) in [6.45, 7) is 9.78. The number of hydrogen-bond donors (Lipinski definition) is 0. The Morgan fingerprint density at radius 3 is 2.59 bits per heavy atom. The molecule has 0 spiro atoms. The normalized spacial score (nSPS) is 17.4. The molecule has 0 bridgehead atoms. The van der Waals surface area contributed by atoms with Crippen LogP contribution in [0.3, 0.4) is 0 Å². The lowest BCUT2D eigenvalue weighted by Gasteiger charge is -2.20. The van der Waals surface area contributed by atoms with Crippen molar-refractivity contribution in [2.45, 2.75) is 46.7 Å². The van der Waals surface area contributed by atoms with Crippen LogP contribution in [-0.2, 0) is 14.3 Å². The van der Waals surface area contributed by atoms with Crippen LogP contribution in [-0.4, -0.2) is 47.2 Å². The first-order chi connectivity index (χ1) is 12.8. The molecular formula is C20H26N2O4S. The van der Waals surface area contributed by atoms with Crippen LogP contribution in [0, 0.1) is 0 Å². The van der Waals surface area contributed by atoms with E-state index in [1.165, 1.54) is 11.8 Å². The molecule has 1 aromatic rings. The molecule has 1 aliphatic rings. The van der Waals surface area contributed by atoms with Gasteiger partial charge in [-0.15, -0.1) is 0 Å². The van der Waals surface area contributed by atoms with E-state index in [1.807, 2.05) is 45.9 Å². The van der Waals surface area contributed by atoms with Crippen LogP contribution in [0.15, 0.2) is 34.2 Å². The first kappa shape index (κ1) is 21.0. The van der Waals surface area contributed by atoms with E-state index in [-0.39, 0.29) is 24.6 Å². The molecule has 6 nitrogen and oxygen atoms in total. The fraction of sp³-hybridized carbons (Fsp3) is 0.450. The summed E-state index contributed by atoms with van der Waals surface area (Å²) < 4.78 is 10.5. The summed E-state index contributed by atoms with van der Waals surface area (Å²) in [4.78, 5) is 31.3. The summed E-state index contributed by atoms with van der Waals surface area (Å²) in [7, 11) is 0.